The first kappa shape index (κ1) is 12.0. The van der Waals surface area contributed by atoms with Crippen molar-refractivity contribution in [2.75, 3.05) is 33.0 Å². The van der Waals surface area contributed by atoms with Gasteiger partial charge < -0.3 is 20.1 Å². The second kappa shape index (κ2) is 5.27. The molecule has 0 unspecified atom stereocenters. The van der Waals surface area contributed by atoms with Gasteiger partial charge in [-0.2, -0.15) is 0 Å². The molecule has 0 atom stereocenters. The molecule has 4 nitrogen and oxygen atoms in total. The van der Waals surface area contributed by atoms with Gasteiger partial charge in [-0.05, 0) is 32.0 Å². The van der Waals surface area contributed by atoms with Crippen LogP contribution in [0.15, 0.2) is 18.2 Å². The van der Waals surface area contributed by atoms with Gasteiger partial charge in [-0.1, -0.05) is 0 Å². The van der Waals surface area contributed by atoms with Gasteiger partial charge in [0.25, 0.3) is 0 Å². The third-order valence-corrected chi connectivity index (χ3v) is 3.18. The average molecular weight is 236 g/mol. The Balaban J connectivity index is 2.02. The van der Waals surface area contributed by atoms with Gasteiger partial charge in [0.05, 0.1) is 12.8 Å². The summed E-state index contributed by atoms with van der Waals surface area (Å²) >= 11 is 0. The second-order valence-corrected chi connectivity index (χ2v) is 4.52. The summed E-state index contributed by atoms with van der Waals surface area (Å²) in [5.74, 6) is 1.51. The molecule has 2 N–H and O–H groups in total. The Morgan fingerprint density at radius 2 is 2.00 bits per heavy atom. The average Bonchev–Trinajstić information content (AvgIpc) is 2.35. The van der Waals surface area contributed by atoms with E-state index in [1.165, 1.54) is 0 Å². The van der Waals surface area contributed by atoms with E-state index >= 15 is 0 Å². The van der Waals surface area contributed by atoms with E-state index in [1.54, 1.807) is 7.11 Å². The summed E-state index contributed by atoms with van der Waals surface area (Å²) in [5.41, 5.74) is 6.57. The minimum Gasteiger partial charge on any atom is -0.497 e. The van der Waals surface area contributed by atoms with Gasteiger partial charge in [0.2, 0.25) is 0 Å². The van der Waals surface area contributed by atoms with Gasteiger partial charge >= 0.3 is 0 Å². The van der Waals surface area contributed by atoms with Gasteiger partial charge in [0.1, 0.15) is 17.6 Å². The number of likely N-dealkylation sites (tertiary alicyclic amines) is 1. The van der Waals surface area contributed by atoms with E-state index < -0.39 is 0 Å². The third kappa shape index (κ3) is 3.03. The topological polar surface area (TPSA) is 47.7 Å². The van der Waals surface area contributed by atoms with Crippen molar-refractivity contribution in [3.8, 4) is 11.5 Å². The molecule has 0 radical (unpaired) electrons. The fraction of sp³-hybridized carbons (Fsp3) is 0.538. The summed E-state index contributed by atoms with van der Waals surface area (Å²) in [6.07, 6.45) is 2.36. The molecule has 0 bridgehead atoms. The Bertz CT molecular complexity index is 374. The van der Waals surface area contributed by atoms with Crippen LogP contribution < -0.4 is 15.2 Å². The van der Waals surface area contributed by atoms with Crippen LogP contribution in [0.25, 0.3) is 0 Å². The fourth-order valence-corrected chi connectivity index (χ4v) is 2.03. The summed E-state index contributed by atoms with van der Waals surface area (Å²) in [6, 6.07) is 5.52. The maximum atomic E-state index is 5.95. The smallest absolute Gasteiger partial charge is 0.146 e. The lowest BCUT2D eigenvalue weighted by atomic mass is 10.1. The van der Waals surface area contributed by atoms with Gasteiger partial charge in [0, 0.05) is 19.2 Å². The predicted molar refractivity (Wildman–Crippen MR) is 68.6 cm³/mol. The van der Waals surface area contributed by atoms with Crippen molar-refractivity contribution in [2.24, 2.45) is 0 Å². The van der Waals surface area contributed by atoms with Gasteiger partial charge in [-0.3, -0.25) is 0 Å². The Morgan fingerprint density at radius 1 is 1.29 bits per heavy atom. The Labute approximate surface area is 102 Å². The highest BCUT2D eigenvalue weighted by molar-refractivity contribution is 5.55. The molecule has 1 heterocycles. The summed E-state index contributed by atoms with van der Waals surface area (Å²) in [4.78, 5) is 2.31. The van der Waals surface area contributed by atoms with E-state index in [0.29, 0.717) is 5.69 Å². The summed E-state index contributed by atoms with van der Waals surface area (Å²) in [5, 5.41) is 0. The number of nitrogens with zero attached hydrogens (tertiary/aromatic N) is 1. The van der Waals surface area contributed by atoms with Crippen molar-refractivity contribution >= 4 is 5.69 Å². The first-order valence-corrected chi connectivity index (χ1v) is 5.98. The van der Waals surface area contributed by atoms with Crippen LogP contribution in [0.3, 0.4) is 0 Å². The number of rotatable bonds is 3. The minimum absolute atomic E-state index is 0.264. The van der Waals surface area contributed by atoms with Crippen LogP contribution in [0, 0.1) is 0 Å². The van der Waals surface area contributed by atoms with Gasteiger partial charge in [-0.15, -0.1) is 0 Å². The molecule has 4 heteroatoms. The number of piperidine rings is 1. The quantitative estimate of drug-likeness (QED) is 0.812. The molecule has 1 aliphatic heterocycles. The largest absolute Gasteiger partial charge is 0.497 e. The number of hydrogen-bond donors (Lipinski definition) is 1. The SMILES string of the molecule is COc1ccc(N)c(OC2CCN(C)CC2)c1. The van der Waals surface area contributed by atoms with Crippen LogP contribution in [0.5, 0.6) is 11.5 Å². The molecule has 2 rings (SSSR count). The third-order valence-electron chi connectivity index (χ3n) is 3.18. The Kier molecular flexibility index (Phi) is 3.74. The number of nitrogen functional groups attached to an aromatic ring is 1. The number of hydrogen-bond acceptors (Lipinski definition) is 4. The fourth-order valence-electron chi connectivity index (χ4n) is 2.03. The molecule has 0 aromatic heterocycles. The zero-order chi connectivity index (χ0) is 12.3. The van der Waals surface area contributed by atoms with Gasteiger partial charge in [0.15, 0.2) is 0 Å². The lowest BCUT2D eigenvalue weighted by molar-refractivity contribution is 0.115. The van der Waals surface area contributed by atoms with Crippen molar-refractivity contribution in [3.05, 3.63) is 18.2 Å². The van der Waals surface area contributed by atoms with Crippen molar-refractivity contribution in [3.63, 3.8) is 0 Å². The van der Waals surface area contributed by atoms with Crippen molar-refractivity contribution in [2.45, 2.75) is 18.9 Å². The highest BCUT2D eigenvalue weighted by atomic mass is 16.5. The summed E-state index contributed by atoms with van der Waals surface area (Å²) in [7, 11) is 3.78. The molecular weight excluding hydrogens is 216 g/mol. The molecule has 1 fully saturated rings. The van der Waals surface area contributed by atoms with Crippen LogP contribution in [-0.4, -0.2) is 38.3 Å². The van der Waals surface area contributed by atoms with E-state index in [4.69, 9.17) is 15.2 Å². The second-order valence-electron chi connectivity index (χ2n) is 4.52. The maximum absolute atomic E-state index is 5.95. The number of anilines is 1. The Morgan fingerprint density at radius 3 is 2.65 bits per heavy atom. The molecule has 1 aliphatic rings. The van der Waals surface area contributed by atoms with Crippen molar-refractivity contribution in [1.29, 1.82) is 0 Å². The van der Waals surface area contributed by atoms with E-state index in [1.807, 2.05) is 18.2 Å². The molecule has 1 aromatic carbocycles. The first-order chi connectivity index (χ1) is 8.19. The monoisotopic (exact) mass is 236 g/mol. The number of methoxy groups -OCH3 is 1. The lowest BCUT2D eigenvalue weighted by Gasteiger charge is -2.29. The van der Waals surface area contributed by atoms with Crippen LogP contribution in [0.1, 0.15) is 12.8 Å². The van der Waals surface area contributed by atoms with Crippen LogP contribution in [0.4, 0.5) is 5.69 Å². The van der Waals surface area contributed by atoms with Crippen LogP contribution in [0.2, 0.25) is 0 Å². The van der Waals surface area contributed by atoms with Crippen molar-refractivity contribution < 1.29 is 9.47 Å². The summed E-state index contributed by atoms with van der Waals surface area (Å²) in [6.45, 7) is 2.16. The summed E-state index contributed by atoms with van der Waals surface area (Å²) < 4.78 is 11.1. The van der Waals surface area contributed by atoms with Crippen LogP contribution >= 0.6 is 0 Å². The van der Waals surface area contributed by atoms with Gasteiger partial charge in [-0.25, -0.2) is 0 Å². The number of benzene rings is 1. The highest BCUT2D eigenvalue weighted by Crippen LogP contribution is 2.29. The molecule has 94 valence electrons. The molecule has 0 aliphatic carbocycles. The zero-order valence-electron chi connectivity index (χ0n) is 10.5. The normalized spacial score (nSPS) is 18.0. The number of nitrogens with two attached hydrogens (primary N) is 1. The zero-order valence-corrected chi connectivity index (χ0v) is 10.5. The molecule has 1 saturated heterocycles. The van der Waals surface area contributed by atoms with E-state index in [9.17, 15) is 0 Å². The van der Waals surface area contributed by atoms with E-state index in [0.717, 1.165) is 37.4 Å². The molecule has 17 heavy (non-hydrogen) atoms. The predicted octanol–water partition coefficient (Wildman–Crippen LogP) is 1.75. The Hall–Kier alpha value is -1.42. The molecule has 1 aromatic rings. The number of ether oxygens (including phenoxy) is 2. The molecular formula is C13H20N2O2. The van der Waals surface area contributed by atoms with E-state index in [2.05, 4.69) is 11.9 Å². The highest BCUT2D eigenvalue weighted by Gasteiger charge is 2.19. The lowest BCUT2D eigenvalue weighted by Crippen LogP contribution is -2.35. The maximum Gasteiger partial charge on any atom is 0.146 e. The molecule has 0 spiro atoms. The molecule has 0 saturated carbocycles. The minimum atomic E-state index is 0.264. The van der Waals surface area contributed by atoms with Crippen molar-refractivity contribution in [1.82, 2.24) is 4.90 Å². The van der Waals surface area contributed by atoms with E-state index in [-0.39, 0.29) is 6.10 Å². The standard InChI is InChI=1S/C13H20N2O2/c1-15-7-5-10(6-8-15)17-13-9-11(16-2)3-4-12(13)14/h3-4,9-10H,5-8,14H2,1-2H3. The first-order valence-electron chi connectivity index (χ1n) is 5.98. The molecule has 0 amide bonds. The van der Waals surface area contributed by atoms with Crippen LogP contribution in [-0.2, 0) is 0 Å².